The number of fused-ring (bicyclic) bond motifs is 1. The van der Waals surface area contributed by atoms with Gasteiger partial charge in [-0.1, -0.05) is 12.1 Å². The fourth-order valence-electron chi connectivity index (χ4n) is 5.19. The molecule has 38 heavy (non-hydrogen) atoms. The molecule has 2 aromatic heterocycles. The van der Waals surface area contributed by atoms with Gasteiger partial charge in [0.05, 0.1) is 23.8 Å². The molecule has 0 radical (unpaired) electrons. The van der Waals surface area contributed by atoms with E-state index in [2.05, 4.69) is 31.1 Å². The van der Waals surface area contributed by atoms with Gasteiger partial charge in [-0.05, 0) is 68.4 Å². The molecule has 1 fully saturated rings. The molecule has 2 aliphatic heterocycles. The van der Waals surface area contributed by atoms with Crippen LogP contribution in [0.25, 0.3) is 11.4 Å². The summed E-state index contributed by atoms with van der Waals surface area (Å²) in [7, 11) is 0. The van der Waals surface area contributed by atoms with Crippen molar-refractivity contribution < 1.29 is 13.9 Å². The number of anilines is 1. The number of hydrogen-bond acceptors (Lipinski definition) is 7. The maximum Gasteiger partial charge on any atom is 0.251 e. The van der Waals surface area contributed by atoms with E-state index < -0.39 is 11.6 Å². The molecule has 4 aromatic rings. The molecule has 2 aliphatic rings. The largest absolute Gasteiger partial charge is 0.493 e. The number of amides is 1. The van der Waals surface area contributed by atoms with E-state index in [9.17, 15) is 9.18 Å². The van der Waals surface area contributed by atoms with Gasteiger partial charge in [0.2, 0.25) is 0 Å². The average Bonchev–Trinajstić information content (AvgIpc) is 3.46. The highest BCUT2D eigenvalue weighted by molar-refractivity contribution is 5.95. The van der Waals surface area contributed by atoms with Crippen LogP contribution in [0.15, 0.2) is 67.0 Å². The molecule has 9 nitrogen and oxygen atoms in total. The summed E-state index contributed by atoms with van der Waals surface area (Å²) < 4.78 is 20.1. The van der Waals surface area contributed by atoms with Gasteiger partial charge in [-0.15, -0.1) is 0 Å². The summed E-state index contributed by atoms with van der Waals surface area (Å²) in [5, 5.41) is 17.7. The van der Waals surface area contributed by atoms with Gasteiger partial charge in [0.15, 0.2) is 11.6 Å². The zero-order valence-corrected chi connectivity index (χ0v) is 20.7. The number of nitrogens with one attached hydrogen (secondary N) is 4. The number of nitrogens with zero attached hydrogens (tertiary/aromatic N) is 3. The number of halogens is 1. The molecule has 1 saturated heterocycles. The second-order valence-corrected chi connectivity index (χ2v) is 9.60. The number of rotatable bonds is 6. The number of piperidine rings is 1. The molecular weight excluding hydrogens is 485 g/mol. The lowest BCUT2D eigenvalue weighted by atomic mass is 9.87. The van der Waals surface area contributed by atoms with Gasteiger partial charge in [0.25, 0.3) is 5.91 Å². The Kier molecular flexibility index (Phi) is 6.47. The third-order valence-electron chi connectivity index (χ3n) is 7.17. The van der Waals surface area contributed by atoms with Crippen molar-refractivity contribution in [2.75, 3.05) is 25.0 Å². The van der Waals surface area contributed by atoms with Gasteiger partial charge in [0, 0.05) is 35.6 Å². The molecule has 2 aromatic carbocycles. The summed E-state index contributed by atoms with van der Waals surface area (Å²) in [5.74, 6) is 1.18. The van der Waals surface area contributed by atoms with Gasteiger partial charge < -0.3 is 20.7 Å². The quantitative estimate of drug-likeness (QED) is 0.308. The summed E-state index contributed by atoms with van der Waals surface area (Å²) >= 11 is 0. The van der Waals surface area contributed by atoms with Crippen LogP contribution in [0.5, 0.6) is 5.75 Å². The Hall–Kier alpha value is -4.31. The Labute approximate surface area is 219 Å². The van der Waals surface area contributed by atoms with E-state index in [0.29, 0.717) is 35.7 Å². The predicted octanol–water partition coefficient (Wildman–Crippen LogP) is 3.95. The van der Waals surface area contributed by atoms with Crippen molar-refractivity contribution >= 4 is 11.6 Å². The fraction of sp³-hybridized carbons (Fsp3) is 0.286. The molecular formula is C28H28FN7O2. The van der Waals surface area contributed by atoms with Crippen molar-refractivity contribution in [3.8, 4) is 17.1 Å². The minimum absolute atomic E-state index is 0.270. The Morgan fingerprint density at radius 1 is 1.08 bits per heavy atom. The smallest absolute Gasteiger partial charge is 0.251 e. The van der Waals surface area contributed by atoms with E-state index >= 15 is 0 Å². The zero-order valence-electron chi connectivity index (χ0n) is 20.7. The maximum atomic E-state index is 14.5. The molecule has 4 heterocycles. The third kappa shape index (κ3) is 4.70. The minimum atomic E-state index is -0.485. The van der Waals surface area contributed by atoms with Crippen molar-refractivity contribution in [3.05, 3.63) is 89.8 Å². The summed E-state index contributed by atoms with van der Waals surface area (Å²) in [6, 6.07) is 15.4. The summed E-state index contributed by atoms with van der Waals surface area (Å²) in [6.45, 7) is 2.04. The number of pyridine rings is 1. The van der Waals surface area contributed by atoms with Crippen LogP contribution in [-0.4, -0.2) is 45.8 Å². The molecule has 0 aliphatic carbocycles. The monoisotopic (exact) mass is 513 g/mol. The van der Waals surface area contributed by atoms with E-state index in [1.54, 1.807) is 30.6 Å². The van der Waals surface area contributed by atoms with Crippen LogP contribution in [0.4, 0.5) is 10.1 Å². The van der Waals surface area contributed by atoms with E-state index in [0.717, 1.165) is 43.0 Å². The first-order chi connectivity index (χ1) is 18.6. The Morgan fingerprint density at radius 3 is 2.74 bits per heavy atom. The van der Waals surface area contributed by atoms with Crippen molar-refractivity contribution in [1.82, 2.24) is 30.8 Å². The Balaban J connectivity index is 1.24. The number of ether oxygens (including phenoxy) is 1. The van der Waals surface area contributed by atoms with Crippen LogP contribution in [-0.2, 0) is 5.54 Å². The van der Waals surface area contributed by atoms with Gasteiger partial charge in [-0.2, -0.15) is 5.10 Å². The van der Waals surface area contributed by atoms with E-state index in [4.69, 9.17) is 9.72 Å². The minimum Gasteiger partial charge on any atom is -0.493 e. The highest BCUT2D eigenvalue weighted by Gasteiger charge is 2.37. The van der Waals surface area contributed by atoms with Crippen molar-refractivity contribution in [1.29, 1.82) is 0 Å². The third-order valence-corrected chi connectivity index (χ3v) is 7.17. The molecule has 4 N–H and O–H groups in total. The first-order valence-electron chi connectivity index (χ1n) is 12.8. The van der Waals surface area contributed by atoms with Crippen LogP contribution in [0, 0.1) is 5.82 Å². The summed E-state index contributed by atoms with van der Waals surface area (Å²) in [6.07, 6.45) is 5.50. The molecule has 1 amide bonds. The second-order valence-electron chi connectivity index (χ2n) is 9.60. The van der Waals surface area contributed by atoms with Crippen molar-refractivity contribution in [3.63, 3.8) is 0 Å². The molecule has 6 rings (SSSR count). The number of benzene rings is 2. The zero-order chi connectivity index (χ0) is 26.0. The molecule has 0 saturated carbocycles. The molecule has 1 atom stereocenters. The predicted molar refractivity (Wildman–Crippen MR) is 140 cm³/mol. The average molecular weight is 514 g/mol. The van der Waals surface area contributed by atoms with E-state index in [-0.39, 0.29) is 11.7 Å². The maximum absolute atomic E-state index is 14.5. The van der Waals surface area contributed by atoms with E-state index in [1.807, 2.05) is 30.3 Å². The first-order valence-corrected chi connectivity index (χ1v) is 12.8. The van der Waals surface area contributed by atoms with Crippen molar-refractivity contribution in [2.24, 2.45) is 0 Å². The van der Waals surface area contributed by atoms with Gasteiger partial charge in [-0.25, -0.2) is 9.37 Å². The number of aromatic nitrogens is 4. The van der Waals surface area contributed by atoms with Crippen LogP contribution in [0.3, 0.4) is 0 Å². The van der Waals surface area contributed by atoms with Gasteiger partial charge in [-0.3, -0.25) is 14.9 Å². The van der Waals surface area contributed by atoms with Gasteiger partial charge in [0.1, 0.15) is 11.6 Å². The van der Waals surface area contributed by atoms with Crippen LogP contribution < -0.4 is 20.7 Å². The number of carbonyl (C=O) groups is 1. The SMILES string of the molecule is O=C(N[C@H]1CCOc2cccc(F)c21)c1cccc(NC2(c3nc(-c4ccncc4)n[nH]3)CCNCC2)c1. The van der Waals surface area contributed by atoms with Gasteiger partial charge >= 0.3 is 0 Å². The lowest BCUT2D eigenvalue weighted by Gasteiger charge is -2.37. The molecule has 0 unspecified atom stereocenters. The summed E-state index contributed by atoms with van der Waals surface area (Å²) in [5.41, 5.74) is 2.07. The second kappa shape index (κ2) is 10.2. The van der Waals surface area contributed by atoms with E-state index in [1.165, 1.54) is 6.07 Å². The highest BCUT2D eigenvalue weighted by atomic mass is 19.1. The van der Waals surface area contributed by atoms with Crippen LogP contribution in [0.1, 0.15) is 47.1 Å². The first kappa shape index (κ1) is 24.1. The molecule has 194 valence electrons. The number of aromatic amines is 1. The topological polar surface area (TPSA) is 117 Å². The molecule has 0 bridgehead atoms. The highest BCUT2D eigenvalue weighted by Crippen LogP contribution is 2.35. The normalized spacial score (nSPS) is 18.2. The molecule has 10 heteroatoms. The fourth-order valence-corrected chi connectivity index (χ4v) is 5.19. The number of hydrogen-bond donors (Lipinski definition) is 4. The Morgan fingerprint density at radius 2 is 1.89 bits per heavy atom. The number of carbonyl (C=O) groups excluding carboxylic acids is 1. The lowest BCUT2D eigenvalue weighted by molar-refractivity contribution is 0.0923. The number of H-pyrrole nitrogens is 1. The molecule has 0 spiro atoms. The Bertz CT molecular complexity index is 1440. The lowest BCUT2D eigenvalue weighted by Crippen LogP contribution is -2.46. The van der Waals surface area contributed by atoms with Crippen LogP contribution in [0.2, 0.25) is 0 Å². The standard InChI is InChI=1S/C28H28FN7O2/c29-21-5-2-6-23-24(21)22(9-16-38-23)32-26(37)19-3-1-4-20(17-19)34-28(10-14-31-15-11-28)27-33-25(35-36-27)18-7-12-30-13-8-18/h1-8,12-13,17,22,31,34H,9-11,14-16H2,(H,32,37)(H,33,35,36)/t22-/m0/s1. The van der Waals surface area contributed by atoms with Crippen molar-refractivity contribution in [2.45, 2.75) is 30.8 Å². The van der Waals surface area contributed by atoms with Crippen LogP contribution >= 0.6 is 0 Å². The summed E-state index contributed by atoms with van der Waals surface area (Å²) in [4.78, 5) is 22.1.